The highest BCUT2D eigenvalue weighted by Gasteiger charge is 2.36. The maximum atomic E-state index is 12.3. The molecule has 0 saturated carbocycles. The van der Waals surface area contributed by atoms with Gasteiger partial charge in [-0.1, -0.05) is 30.3 Å². The van der Waals surface area contributed by atoms with Gasteiger partial charge in [0, 0.05) is 13.1 Å². The van der Waals surface area contributed by atoms with Gasteiger partial charge >= 0.3 is 6.03 Å². The number of carbonyl (C=O) groups excluding carboxylic acids is 1. The van der Waals surface area contributed by atoms with E-state index < -0.39 is 0 Å². The van der Waals surface area contributed by atoms with Crippen LogP contribution in [0.4, 0.5) is 4.79 Å². The third-order valence-electron chi connectivity index (χ3n) is 3.42. The smallest absolute Gasteiger partial charge is 0.318 e. The normalized spacial score (nSPS) is 22.1. The fraction of sp³-hybridized carbons (Fsp3) is 0.533. The van der Waals surface area contributed by atoms with Crippen LogP contribution in [0.3, 0.4) is 0 Å². The van der Waals surface area contributed by atoms with Crippen LogP contribution in [-0.2, 0) is 11.3 Å². The Hall–Kier alpha value is -1.55. The number of nitrogens with zero attached hydrogens (tertiary/aromatic N) is 1. The molecule has 1 aromatic carbocycles. The molecule has 1 fully saturated rings. The van der Waals surface area contributed by atoms with Gasteiger partial charge in [0.15, 0.2) is 0 Å². The van der Waals surface area contributed by atoms with Gasteiger partial charge in [0.2, 0.25) is 0 Å². The predicted octanol–water partition coefficient (Wildman–Crippen LogP) is 2.40. The van der Waals surface area contributed by atoms with Crippen LogP contribution in [0.25, 0.3) is 0 Å². The Morgan fingerprint density at radius 2 is 2.11 bits per heavy atom. The molecule has 2 amide bonds. The van der Waals surface area contributed by atoms with E-state index in [2.05, 4.69) is 5.32 Å². The molecule has 1 atom stereocenters. The second-order valence-corrected chi connectivity index (χ2v) is 5.69. The third kappa shape index (κ3) is 3.47. The van der Waals surface area contributed by atoms with Crippen molar-refractivity contribution in [2.75, 3.05) is 13.2 Å². The molecule has 1 N–H and O–H groups in total. The van der Waals surface area contributed by atoms with Crippen molar-refractivity contribution in [2.45, 2.75) is 39.0 Å². The molecular weight excluding hydrogens is 240 g/mol. The summed E-state index contributed by atoms with van der Waals surface area (Å²) in [6, 6.07) is 9.91. The lowest BCUT2D eigenvalue weighted by molar-refractivity contribution is -0.0707. The van der Waals surface area contributed by atoms with E-state index in [1.54, 1.807) is 0 Å². The topological polar surface area (TPSA) is 41.6 Å². The predicted molar refractivity (Wildman–Crippen MR) is 74.9 cm³/mol. The SMILES string of the molecule is CC1CN(C(=O)NCc2ccccc2)C(C)(C)CO1. The Labute approximate surface area is 114 Å². The first kappa shape index (κ1) is 13.9. The molecule has 1 heterocycles. The molecule has 1 aliphatic rings. The minimum absolute atomic E-state index is 0.0241. The minimum Gasteiger partial charge on any atom is -0.374 e. The first-order valence-electron chi connectivity index (χ1n) is 6.70. The van der Waals surface area contributed by atoms with Crippen LogP contribution >= 0.6 is 0 Å². The van der Waals surface area contributed by atoms with Crippen LogP contribution in [-0.4, -0.2) is 35.7 Å². The molecule has 2 rings (SSSR count). The lowest BCUT2D eigenvalue weighted by Gasteiger charge is -2.44. The van der Waals surface area contributed by atoms with E-state index in [4.69, 9.17) is 4.74 Å². The fourth-order valence-electron chi connectivity index (χ4n) is 2.21. The van der Waals surface area contributed by atoms with Crippen LogP contribution in [0.1, 0.15) is 26.3 Å². The van der Waals surface area contributed by atoms with E-state index in [0.29, 0.717) is 19.7 Å². The summed E-state index contributed by atoms with van der Waals surface area (Å²) in [4.78, 5) is 14.2. The number of hydrogen-bond donors (Lipinski definition) is 1. The number of morpholine rings is 1. The summed E-state index contributed by atoms with van der Waals surface area (Å²) in [7, 11) is 0. The second-order valence-electron chi connectivity index (χ2n) is 5.69. The summed E-state index contributed by atoms with van der Waals surface area (Å²) in [5.41, 5.74) is 0.850. The molecule has 4 nitrogen and oxygen atoms in total. The zero-order valence-electron chi connectivity index (χ0n) is 11.8. The number of amides is 2. The molecule has 0 radical (unpaired) electrons. The molecule has 0 aliphatic carbocycles. The highest BCUT2D eigenvalue weighted by atomic mass is 16.5. The fourth-order valence-corrected chi connectivity index (χ4v) is 2.21. The van der Waals surface area contributed by atoms with Crippen molar-refractivity contribution in [3.05, 3.63) is 35.9 Å². The molecule has 0 spiro atoms. The summed E-state index contributed by atoms with van der Waals surface area (Å²) >= 11 is 0. The quantitative estimate of drug-likeness (QED) is 0.889. The average molecular weight is 262 g/mol. The molecule has 1 unspecified atom stereocenters. The molecule has 0 bridgehead atoms. The van der Waals surface area contributed by atoms with Gasteiger partial charge in [-0.3, -0.25) is 0 Å². The van der Waals surface area contributed by atoms with E-state index in [9.17, 15) is 4.79 Å². The van der Waals surface area contributed by atoms with Gasteiger partial charge in [-0.25, -0.2) is 4.79 Å². The van der Waals surface area contributed by atoms with Gasteiger partial charge in [0.25, 0.3) is 0 Å². The molecule has 1 aliphatic heterocycles. The van der Waals surface area contributed by atoms with Crippen LogP contribution < -0.4 is 5.32 Å². The van der Waals surface area contributed by atoms with Gasteiger partial charge in [0.05, 0.1) is 18.2 Å². The summed E-state index contributed by atoms with van der Waals surface area (Å²) in [6.07, 6.45) is 0.0931. The number of nitrogens with one attached hydrogen (secondary N) is 1. The number of rotatable bonds is 2. The molecule has 0 aromatic heterocycles. The molecule has 1 aromatic rings. The lowest BCUT2D eigenvalue weighted by Crippen LogP contribution is -2.60. The van der Waals surface area contributed by atoms with Crippen molar-refractivity contribution >= 4 is 6.03 Å². The summed E-state index contributed by atoms with van der Waals surface area (Å²) in [5.74, 6) is 0. The van der Waals surface area contributed by atoms with Crippen molar-refractivity contribution in [3.63, 3.8) is 0 Å². The van der Waals surface area contributed by atoms with Crippen molar-refractivity contribution < 1.29 is 9.53 Å². The maximum Gasteiger partial charge on any atom is 0.318 e. The third-order valence-corrected chi connectivity index (χ3v) is 3.42. The van der Waals surface area contributed by atoms with Crippen LogP contribution in [0.2, 0.25) is 0 Å². The highest BCUT2D eigenvalue weighted by molar-refractivity contribution is 5.75. The summed E-state index contributed by atoms with van der Waals surface area (Å²) < 4.78 is 5.61. The van der Waals surface area contributed by atoms with Crippen molar-refractivity contribution in [1.82, 2.24) is 10.2 Å². The zero-order valence-corrected chi connectivity index (χ0v) is 11.8. The Balaban J connectivity index is 1.95. The lowest BCUT2D eigenvalue weighted by atomic mass is 10.0. The minimum atomic E-state index is -0.257. The summed E-state index contributed by atoms with van der Waals surface area (Å²) in [6.45, 7) is 7.82. The molecule has 1 saturated heterocycles. The average Bonchev–Trinajstić information content (AvgIpc) is 2.40. The van der Waals surface area contributed by atoms with Crippen molar-refractivity contribution in [3.8, 4) is 0 Å². The molecule has 19 heavy (non-hydrogen) atoms. The zero-order chi connectivity index (χ0) is 13.9. The Morgan fingerprint density at radius 1 is 1.42 bits per heavy atom. The van der Waals surface area contributed by atoms with E-state index in [-0.39, 0.29) is 17.7 Å². The Bertz CT molecular complexity index is 431. The Kier molecular flexibility index (Phi) is 4.10. The molecular formula is C15H22N2O2. The number of benzene rings is 1. The standard InChI is InChI=1S/C15H22N2O2/c1-12-10-17(15(2,3)11-19-12)14(18)16-9-13-7-5-4-6-8-13/h4-8,12H,9-11H2,1-3H3,(H,16,18). The molecule has 104 valence electrons. The van der Waals surface area contributed by atoms with Crippen LogP contribution in [0.15, 0.2) is 30.3 Å². The van der Waals surface area contributed by atoms with E-state index in [1.807, 2.05) is 56.0 Å². The van der Waals surface area contributed by atoms with Gasteiger partial charge < -0.3 is 15.0 Å². The number of ether oxygens (including phenoxy) is 1. The van der Waals surface area contributed by atoms with E-state index >= 15 is 0 Å². The largest absolute Gasteiger partial charge is 0.374 e. The number of hydrogen-bond acceptors (Lipinski definition) is 2. The first-order valence-corrected chi connectivity index (χ1v) is 6.70. The van der Waals surface area contributed by atoms with Crippen molar-refractivity contribution in [2.24, 2.45) is 0 Å². The van der Waals surface area contributed by atoms with Gasteiger partial charge in [-0.15, -0.1) is 0 Å². The van der Waals surface area contributed by atoms with Gasteiger partial charge in [-0.05, 0) is 26.3 Å². The highest BCUT2D eigenvalue weighted by Crippen LogP contribution is 2.21. The van der Waals surface area contributed by atoms with Gasteiger partial charge in [0.1, 0.15) is 0 Å². The number of carbonyl (C=O) groups is 1. The van der Waals surface area contributed by atoms with E-state index in [0.717, 1.165) is 5.56 Å². The van der Waals surface area contributed by atoms with E-state index in [1.165, 1.54) is 0 Å². The summed E-state index contributed by atoms with van der Waals surface area (Å²) in [5, 5.41) is 2.98. The monoisotopic (exact) mass is 262 g/mol. The van der Waals surface area contributed by atoms with Gasteiger partial charge in [-0.2, -0.15) is 0 Å². The Morgan fingerprint density at radius 3 is 2.79 bits per heavy atom. The maximum absolute atomic E-state index is 12.3. The first-order chi connectivity index (χ1) is 8.99. The molecule has 4 heteroatoms. The van der Waals surface area contributed by atoms with Crippen molar-refractivity contribution in [1.29, 1.82) is 0 Å². The second kappa shape index (κ2) is 5.61. The van der Waals surface area contributed by atoms with Crippen LogP contribution in [0.5, 0.6) is 0 Å². The number of urea groups is 1. The van der Waals surface area contributed by atoms with Crippen LogP contribution in [0, 0.1) is 0 Å².